The van der Waals surface area contributed by atoms with E-state index in [1.54, 1.807) is 13.8 Å². The van der Waals surface area contributed by atoms with E-state index < -0.39 is 18.4 Å². The highest BCUT2D eigenvalue weighted by atomic mass is 16.5. The Balaban J connectivity index is 2.22. The van der Waals surface area contributed by atoms with Crippen LogP contribution in [-0.2, 0) is 0 Å². The molecule has 1 unspecified atom stereocenters. The van der Waals surface area contributed by atoms with Gasteiger partial charge in [0.25, 0.3) is 0 Å². The second-order valence-electron chi connectivity index (χ2n) is 5.30. The van der Waals surface area contributed by atoms with E-state index in [4.69, 9.17) is 5.21 Å². The van der Waals surface area contributed by atoms with E-state index in [1.807, 2.05) is 5.48 Å². The molecule has 2 rings (SSSR count). The first-order valence-corrected chi connectivity index (χ1v) is 6.93. The van der Waals surface area contributed by atoms with Crippen molar-refractivity contribution in [2.24, 2.45) is 5.10 Å². The fraction of sp³-hybridized carbons (Fsp3) is 0.750. The third-order valence-corrected chi connectivity index (χ3v) is 3.44. The monoisotopic (exact) mass is 283 g/mol. The van der Waals surface area contributed by atoms with Gasteiger partial charge < -0.3 is 10.5 Å². The van der Waals surface area contributed by atoms with Crippen molar-refractivity contribution in [2.45, 2.75) is 58.3 Å². The van der Waals surface area contributed by atoms with Gasteiger partial charge in [-0.1, -0.05) is 6.42 Å². The van der Waals surface area contributed by atoms with Crippen molar-refractivity contribution < 1.29 is 14.8 Å². The molecule has 3 N–H and O–H groups in total. The Kier molecular flexibility index (Phi) is 4.56. The SMILES string of the molecule is CC(C)N1C(=O)NC(NO)N(N=C2CCCCC2)C1=O. The Morgan fingerprint density at radius 1 is 1.30 bits per heavy atom. The molecule has 8 heteroatoms. The normalized spacial score (nSPS) is 24.2. The Hall–Kier alpha value is -1.67. The molecule has 1 saturated heterocycles. The van der Waals surface area contributed by atoms with Crippen molar-refractivity contribution in [3.63, 3.8) is 0 Å². The fourth-order valence-corrected chi connectivity index (χ4v) is 2.41. The van der Waals surface area contributed by atoms with Gasteiger partial charge in [-0.2, -0.15) is 15.6 Å². The van der Waals surface area contributed by atoms with Gasteiger partial charge >= 0.3 is 12.1 Å². The number of nitrogens with one attached hydrogen (secondary N) is 2. The minimum absolute atomic E-state index is 0.281. The van der Waals surface area contributed by atoms with E-state index in [0.717, 1.165) is 41.3 Å². The van der Waals surface area contributed by atoms with Crippen LogP contribution in [0.15, 0.2) is 5.10 Å². The molecule has 4 amide bonds. The van der Waals surface area contributed by atoms with Crippen LogP contribution < -0.4 is 10.8 Å². The molecule has 0 radical (unpaired) electrons. The summed E-state index contributed by atoms with van der Waals surface area (Å²) in [6, 6.07) is -1.36. The second kappa shape index (κ2) is 6.19. The third-order valence-electron chi connectivity index (χ3n) is 3.44. The summed E-state index contributed by atoms with van der Waals surface area (Å²) in [7, 11) is 0. The maximum atomic E-state index is 12.4. The minimum Gasteiger partial charge on any atom is -0.313 e. The summed E-state index contributed by atoms with van der Waals surface area (Å²) in [4.78, 5) is 25.3. The van der Waals surface area contributed by atoms with Crippen molar-refractivity contribution in [2.75, 3.05) is 0 Å². The van der Waals surface area contributed by atoms with Gasteiger partial charge in [0.1, 0.15) is 0 Å². The van der Waals surface area contributed by atoms with E-state index >= 15 is 0 Å². The van der Waals surface area contributed by atoms with E-state index in [1.165, 1.54) is 6.42 Å². The zero-order chi connectivity index (χ0) is 14.7. The topological polar surface area (TPSA) is 97.3 Å². The van der Waals surface area contributed by atoms with Gasteiger partial charge in [0.2, 0.25) is 6.29 Å². The molecule has 1 aliphatic heterocycles. The molecular formula is C12H21N5O3. The van der Waals surface area contributed by atoms with Crippen LogP contribution in [-0.4, -0.2) is 45.2 Å². The number of imide groups is 1. The second-order valence-corrected chi connectivity index (χ2v) is 5.30. The van der Waals surface area contributed by atoms with Gasteiger partial charge in [-0.05, 0) is 39.5 Å². The number of hydrazone groups is 1. The van der Waals surface area contributed by atoms with Crippen molar-refractivity contribution >= 4 is 17.8 Å². The predicted octanol–water partition coefficient (Wildman–Crippen LogP) is 1.42. The molecule has 20 heavy (non-hydrogen) atoms. The number of urea groups is 2. The number of nitrogens with zero attached hydrogens (tertiary/aromatic N) is 3. The molecule has 2 aliphatic rings. The number of rotatable bonds is 3. The van der Waals surface area contributed by atoms with Crippen LogP contribution in [0.5, 0.6) is 0 Å². The summed E-state index contributed by atoms with van der Waals surface area (Å²) in [6.45, 7) is 3.49. The molecule has 0 aromatic heterocycles. The highest BCUT2D eigenvalue weighted by molar-refractivity contribution is 5.97. The zero-order valence-electron chi connectivity index (χ0n) is 11.8. The van der Waals surface area contributed by atoms with Crippen molar-refractivity contribution in [3.8, 4) is 0 Å². The van der Waals surface area contributed by atoms with Crippen molar-refractivity contribution in [1.82, 2.24) is 20.7 Å². The lowest BCUT2D eigenvalue weighted by Crippen LogP contribution is -2.68. The Morgan fingerprint density at radius 3 is 2.50 bits per heavy atom. The molecule has 112 valence electrons. The molecule has 0 spiro atoms. The summed E-state index contributed by atoms with van der Waals surface area (Å²) < 4.78 is 0. The number of hydrogen-bond acceptors (Lipinski definition) is 5. The largest absolute Gasteiger partial charge is 0.351 e. The Bertz CT molecular complexity index is 415. The first kappa shape index (κ1) is 14.7. The number of carbonyl (C=O) groups excluding carboxylic acids is 2. The van der Waals surface area contributed by atoms with Crippen LogP contribution in [0.2, 0.25) is 0 Å². The van der Waals surface area contributed by atoms with Crippen molar-refractivity contribution in [1.29, 1.82) is 0 Å². The maximum absolute atomic E-state index is 12.4. The van der Waals surface area contributed by atoms with Crippen LogP contribution in [0.4, 0.5) is 9.59 Å². The molecule has 8 nitrogen and oxygen atoms in total. The molecule has 1 heterocycles. The average molecular weight is 283 g/mol. The maximum Gasteiger partial charge on any atom is 0.351 e. The fourth-order valence-electron chi connectivity index (χ4n) is 2.41. The first-order valence-electron chi connectivity index (χ1n) is 6.93. The number of hydrogen-bond donors (Lipinski definition) is 3. The molecule has 0 aromatic rings. The van der Waals surface area contributed by atoms with Gasteiger partial charge in [0, 0.05) is 11.8 Å². The quantitative estimate of drug-likeness (QED) is 0.682. The summed E-state index contributed by atoms with van der Waals surface area (Å²) in [5.74, 6) is 0. The van der Waals surface area contributed by atoms with E-state index in [-0.39, 0.29) is 6.04 Å². The van der Waals surface area contributed by atoms with Crippen LogP contribution in [0.1, 0.15) is 46.0 Å². The molecule has 0 aromatic carbocycles. The highest BCUT2D eigenvalue weighted by Crippen LogP contribution is 2.18. The van der Waals surface area contributed by atoms with Gasteiger partial charge in [0.15, 0.2) is 0 Å². The standard InChI is InChI=1S/C12H21N5O3/c1-8(2)16-11(18)13-10(15-20)17(12(16)19)14-9-6-4-3-5-7-9/h8,10,15,20H,3-7H2,1-2H3,(H,13,18). The summed E-state index contributed by atoms with van der Waals surface area (Å²) >= 11 is 0. The highest BCUT2D eigenvalue weighted by Gasteiger charge is 2.40. The Labute approximate surface area is 117 Å². The lowest BCUT2D eigenvalue weighted by Gasteiger charge is -2.39. The van der Waals surface area contributed by atoms with Crippen LogP contribution in [0.3, 0.4) is 0 Å². The average Bonchev–Trinajstić information content (AvgIpc) is 2.42. The number of amides is 4. The molecule has 2 fully saturated rings. The lowest BCUT2D eigenvalue weighted by molar-refractivity contribution is 0.0114. The third kappa shape index (κ3) is 2.91. The smallest absolute Gasteiger partial charge is 0.313 e. The van der Waals surface area contributed by atoms with E-state index in [2.05, 4.69) is 10.4 Å². The van der Waals surface area contributed by atoms with Gasteiger partial charge in [-0.15, -0.1) is 0 Å². The molecular weight excluding hydrogens is 262 g/mol. The predicted molar refractivity (Wildman–Crippen MR) is 72.0 cm³/mol. The van der Waals surface area contributed by atoms with Gasteiger partial charge in [-0.25, -0.2) is 14.5 Å². The molecule has 1 atom stereocenters. The van der Waals surface area contributed by atoms with E-state index in [9.17, 15) is 9.59 Å². The molecule has 1 saturated carbocycles. The molecule has 0 bridgehead atoms. The lowest BCUT2D eigenvalue weighted by atomic mass is 9.99. The summed E-state index contributed by atoms with van der Waals surface area (Å²) in [5.41, 5.74) is 2.82. The zero-order valence-corrected chi connectivity index (χ0v) is 11.8. The van der Waals surface area contributed by atoms with Crippen LogP contribution >= 0.6 is 0 Å². The van der Waals surface area contributed by atoms with Crippen molar-refractivity contribution in [3.05, 3.63) is 0 Å². The van der Waals surface area contributed by atoms with Crippen LogP contribution in [0.25, 0.3) is 0 Å². The molecule has 1 aliphatic carbocycles. The van der Waals surface area contributed by atoms with E-state index in [0.29, 0.717) is 0 Å². The Morgan fingerprint density at radius 2 is 1.95 bits per heavy atom. The summed E-state index contributed by atoms with van der Waals surface area (Å²) in [5, 5.41) is 17.0. The number of hydroxylamine groups is 1. The summed E-state index contributed by atoms with van der Waals surface area (Å²) in [6.07, 6.45) is 3.94. The number of carbonyl (C=O) groups is 2. The first-order chi connectivity index (χ1) is 9.54. The van der Waals surface area contributed by atoms with Gasteiger partial charge in [-0.3, -0.25) is 0 Å². The van der Waals surface area contributed by atoms with Gasteiger partial charge in [0.05, 0.1) is 0 Å². The van der Waals surface area contributed by atoms with Crippen LogP contribution in [0, 0.1) is 0 Å². The minimum atomic E-state index is -1.03.